The Bertz CT molecular complexity index is 1140. The number of nitrogens with one attached hydrogen (secondary N) is 1. The molecule has 0 fully saturated rings. The molecule has 0 aliphatic heterocycles. The first-order chi connectivity index (χ1) is 12.5. The lowest BCUT2D eigenvalue weighted by atomic mass is 10.1. The van der Waals surface area contributed by atoms with Crippen LogP contribution >= 0.6 is 11.8 Å². The van der Waals surface area contributed by atoms with Crippen LogP contribution < -0.4 is 0 Å². The number of carbonyl (C=O) groups excluding carboxylic acids is 1. The zero-order chi connectivity index (χ0) is 18.4. The van der Waals surface area contributed by atoms with E-state index in [0.717, 1.165) is 33.5 Å². The molecule has 7 heteroatoms. The van der Waals surface area contributed by atoms with Gasteiger partial charge in [0.15, 0.2) is 10.9 Å². The maximum Gasteiger partial charge on any atom is 0.256 e. The van der Waals surface area contributed by atoms with Gasteiger partial charge in [0.25, 0.3) is 5.78 Å². The lowest BCUT2D eigenvalue weighted by molar-refractivity contribution is 0.0995. The second-order valence-corrected chi connectivity index (χ2v) is 7.76. The number of ketones is 1. The van der Waals surface area contributed by atoms with Crippen LogP contribution in [0.4, 0.5) is 0 Å². The third-order valence-electron chi connectivity index (χ3n) is 4.45. The lowest BCUT2D eigenvalue weighted by Crippen LogP contribution is -2.15. The van der Waals surface area contributed by atoms with E-state index in [1.165, 1.54) is 11.8 Å². The fourth-order valence-corrected chi connectivity index (χ4v) is 4.25. The number of nitrogens with zero attached hydrogens (tertiary/aromatic N) is 4. The van der Waals surface area contributed by atoms with Crippen molar-refractivity contribution in [2.45, 2.75) is 38.1 Å². The molecule has 1 atom stereocenters. The number of Topliss-reactive ketones (excluding diaryl/α,β-unsaturated/α-hetero) is 1. The van der Waals surface area contributed by atoms with Crippen molar-refractivity contribution in [3.05, 3.63) is 53.0 Å². The molecular formula is C19H19N5OS. The minimum atomic E-state index is -0.291. The van der Waals surface area contributed by atoms with Crippen LogP contribution in [0.1, 0.15) is 34.4 Å². The highest BCUT2D eigenvalue weighted by atomic mass is 32.2. The first kappa shape index (κ1) is 16.8. The number of fused-ring (bicyclic) bond motifs is 2. The summed E-state index contributed by atoms with van der Waals surface area (Å²) in [5.41, 5.74) is 4.53. The third-order valence-corrected chi connectivity index (χ3v) is 5.50. The molecule has 6 nitrogen and oxygen atoms in total. The van der Waals surface area contributed by atoms with Gasteiger partial charge >= 0.3 is 0 Å². The van der Waals surface area contributed by atoms with Crippen molar-refractivity contribution in [1.82, 2.24) is 24.6 Å². The summed E-state index contributed by atoms with van der Waals surface area (Å²) in [5, 5.41) is 9.74. The van der Waals surface area contributed by atoms with Crippen molar-refractivity contribution in [1.29, 1.82) is 0 Å². The maximum absolute atomic E-state index is 13.1. The predicted molar refractivity (Wildman–Crippen MR) is 103 cm³/mol. The van der Waals surface area contributed by atoms with Gasteiger partial charge in [-0.1, -0.05) is 30.0 Å². The van der Waals surface area contributed by atoms with E-state index in [2.05, 4.69) is 20.2 Å². The van der Waals surface area contributed by atoms with E-state index in [-0.39, 0.29) is 11.0 Å². The Morgan fingerprint density at radius 2 is 1.96 bits per heavy atom. The van der Waals surface area contributed by atoms with Crippen LogP contribution in [-0.2, 0) is 0 Å². The van der Waals surface area contributed by atoms with Gasteiger partial charge in [-0.05, 0) is 39.8 Å². The molecule has 0 saturated carbocycles. The van der Waals surface area contributed by atoms with Crippen LogP contribution in [-0.4, -0.2) is 35.6 Å². The summed E-state index contributed by atoms with van der Waals surface area (Å²) in [6, 6.07) is 9.86. The largest absolute Gasteiger partial charge is 0.358 e. The van der Waals surface area contributed by atoms with E-state index >= 15 is 0 Å². The molecule has 0 aliphatic carbocycles. The standard InChI is InChI=1S/C19H19N5OS/c1-10-9-11(2)24-18(20-10)22-23-19(24)26-13(4)17(25)16-12(3)21-15-8-6-5-7-14(15)16/h5-9,13,21H,1-4H3. The number of H-pyrrole nitrogens is 1. The number of carbonyl (C=O) groups is 1. The van der Waals surface area contributed by atoms with Gasteiger partial charge in [0.1, 0.15) is 0 Å². The van der Waals surface area contributed by atoms with E-state index in [9.17, 15) is 4.79 Å². The Morgan fingerprint density at radius 3 is 2.77 bits per heavy atom. The first-order valence-corrected chi connectivity index (χ1v) is 9.31. The number of para-hydroxylation sites is 1. The van der Waals surface area contributed by atoms with Gasteiger partial charge in [-0.25, -0.2) is 4.98 Å². The Kier molecular flexibility index (Phi) is 4.03. The zero-order valence-electron chi connectivity index (χ0n) is 15.1. The molecule has 0 bridgehead atoms. The summed E-state index contributed by atoms with van der Waals surface area (Å²) < 4.78 is 1.89. The Hall–Kier alpha value is -2.67. The molecule has 1 N–H and O–H groups in total. The summed E-state index contributed by atoms with van der Waals surface area (Å²) in [6.07, 6.45) is 0. The molecule has 0 saturated heterocycles. The number of thioether (sulfide) groups is 1. The fourth-order valence-electron chi connectivity index (χ4n) is 3.29. The first-order valence-electron chi connectivity index (χ1n) is 8.43. The van der Waals surface area contributed by atoms with Gasteiger partial charge < -0.3 is 4.98 Å². The number of rotatable bonds is 4. The van der Waals surface area contributed by atoms with Gasteiger partial charge in [-0.3, -0.25) is 9.20 Å². The Labute approximate surface area is 155 Å². The molecule has 3 heterocycles. The quantitative estimate of drug-likeness (QED) is 0.438. The van der Waals surface area contributed by atoms with Crippen LogP contribution in [0.5, 0.6) is 0 Å². The van der Waals surface area contributed by atoms with Crippen LogP contribution in [0.3, 0.4) is 0 Å². The summed E-state index contributed by atoms with van der Waals surface area (Å²) in [6.45, 7) is 7.77. The maximum atomic E-state index is 13.1. The van der Waals surface area contributed by atoms with Crippen molar-refractivity contribution in [2.24, 2.45) is 0 Å². The van der Waals surface area contributed by atoms with E-state index in [4.69, 9.17) is 0 Å². The monoisotopic (exact) mass is 365 g/mol. The highest BCUT2D eigenvalue weighted by molar-refractivity contribution is 8.00. The van der Waals surface area contributed by atoms with Crippen LogP contribution in [0, 0.1) is 20.8 Å². The van der Waals surface area contributed by atoms with Gasteiger partial charge in [0, 0.05) is 33.5 Å². The van der Waals surface area contributed by atoms with Crippen LogP contribution in [0.25, 0.3) is 16.7 Å². The SMILES string of the molecule is Cc1cc(C)n2c(SC(C)C(=O)c3c(C)[nH]c4ccccc34)nnc2n1. The molecular weight excluding hydrogens is 346 g/mol. The smallest absolute Gasteiger partial charge is 0.256 e. The Morgan fingerprint density at radius 1 is 1.19 bits per heavy atom. The molecule has 4 rings (SSSR count). The predicted octanol–water partition coefficient (Wildman–Crippen LogP) is 3.89. The minimum absolute atomic E-state index is 0.0828. The summed E-state index contributed by atoms with van der Waals surface area (Å²) in [4.78, 5) is 20.8. The normalized spacial score (nSPS) is 12.8. The molecule has 3 aromatic heterocycles. The average Bonchev–Trinajstić information content (AvgIpc) is 3.14. The van der Waals surface area contributed by atoms with Crippen molar-refractivity contribution in [3.63, 3.8) is 0 Å². The lowest BCUT2D eigenvalue weighted by Gasteiger charge is -2.10. The molecule has 4 aromatic rings. The van der Waals surface area contributed by atoms with Crippen molar-refractivity contribution < 1.29 is 4.79 Å². The zero-order valence-corrected chi connectivity index (χ0v) is 15.9. The molecule has 0 radical (unpaired) electrons. The number of benzene rings is 1. The van der Waals surface area contributed by atoms with E-state index in [1.54, 1.807) is 0 Å². The summed E-state index contributed by atoms with van der Waals surface area (Å²) in [7, 11) is 0. The highest BCUT2D eigenvalue weighted by Crippen LogP contribution is 2.29. The molecule has 0 amide bonds. The fraction of sp³-hybridized carbons (Fsp3) is 0.263. The number of hydrogen-bond acceptors (Lipinski definition) is 5. The Balaban J connectivity index is 1.69. The topological polar surface area (TPSA) is 75.9 Å². The molecule has 0 aliphatic rings. The second kappa shape index (κ2) is 6.25. The average molecular weight is 365 g/mol. The number of aryl methyl sites for hydroxylation is 3. The second-order valence-electron chi connectivity index (χ2n) is 6.45. The molecule has 26 heavy (non-hydrogen) atoms. The highest BCUT2D eigenvalue weighted by Gasteiger charge is 2.24. The minimum Gasteiger partial charge on any atom is -0.358 e. The van der Waals surface area contributed by atoms with Crippen molar-refractivity contribution in [2.75, 3.05) is 0 Å². The number of hydrogen-bond donors (Lipinski definition) is 1. The van der Waals surface area contributed by atoms with E-state index < -0.39 is 0 Å². The summed E-state index contributed by atoms with van der Waals surface area (Å²) >= 11 is 1.41. The van der Waals surface area contributed by atoms with Crippen LogP contribution in [0.2, 0.25) is 0 Å². The van der Waals surface area contributed by atoms with Crippen molar-refractivity contribution >= 4 is 34.2 Å². The van der Waals surface area contributed by atoms with Crippen LogP contribution in [0.15, 0.2) is 35.5 Å². The summed E-state index contributed by atoms with van der Waals surface area (Å²) in [5.74, 6) is 0.646. The van der Waals surface area contributed by atoms with Gasteiger partial charge in [-0.2, -0.15) is 0 Å². The molecule has 0 spiro atoms. The van der Waals surface area contributed by atoms with Gasteiger partial charge in [0.05, 0.1) is 5.25 Å². The molecule has 1 unspecified atom stereocenters. The number of aromatic amines is 1. The van der Waals surface area contributed by atoms with E-state index in [1.807, 2.05) is 62.4 Å². The molecule has 1 aromatic carbocycles. The van der Waals surface area contributed by atoms with Crippen molar-refractivity contribution in [3.8, 4) is 0 Å². The van der Waals surface area contributed by atoms with Gasteiger partial charge in [-0.15, -0.1) is 10.2 Å². The van der Waals surface area contributed by atoms with E-state index in [0.29, 0.717) is 10.9 Å². The van der Waals surface area contributed by atoms with Gasteiger partial charge in [0.2, 0.25) is 0 Å². The third kappa shape index (κ3) is 2.68. The molecule has 132 valence electrons. The number of aromatic nitrogens is 5.